The van der Waals surface area contributed by atoms with Crippen LogP contribution in [0.15, 0.2) is 6.07 Å². The molecule has 1 aromatic heterocycles. The molecule has 0 spiro atoms. The molecule has 1 amide bonds. The number of amides is 1. The molecule has 8 nitrogen and oxygen atoms in total. The van der Waals surface area contributed by atoms with E-state index in [4.69, 9.17) is 5.73 Å². The average molecular weight is 452 g/mol. The number of aromatic nitrogens is 1. The van der Waals surface area contributed by atoms with E-state index < -0.39 is 10.2 Å². The third-order valence-electron chi connectivity index (χ3n) is 5.41. The summed E-state index contributed by atoms with van der Waals surface area (Å²) >= 11 is 1.35. The monoisotopic (exact) mass is 451 g/mol. The van der Waals surface area contributed by atoms with Crippen LogP contribution in [0.2, 0.25) is 0 Å². The molecule has 0 saturated carbocycles. The number of piperidine rings is 2. The molecular formula is C17H30ClN5O3S2. The fourth-order valence-electron chi connectivity index (χ4n) is 3.73. The summed E-state index contributed by atoms with van der Waals surface area (Å²) in [4.78, 5) is 13.5. The van der Waals surface area contributed by atoms with Gasteiger partial charge in [0.1, 0.15) is 5.69 Å². The normalized spacial score (nSPS) is 25.2. The molecule has 2 atom stereocenters. The molecule has 2 fully saturated rings. The second-order valence-electron chi connectivity index (χ2n) is 7.43. The first-order chi connectivity index (χ1) is 12.8. The minimum Gasteiger partial charge on any atom is -0.348 e. The molecule has 2 saturated heterocycles. The highest BCUT2D eigenvalue weighted by atomic mass is 35.5. The molecule has 28 heavy (non-hydrogen) atoms. The molecule has 3 N–H and O–H groups in total. The van der Waals surface area contributed by atoms with E-state index >= 15 is 0 Å². The molecule has 2 aliphatic heterocycles. The molecule has 160 valence electrons. The standard InChI is InChI=1S/C17H29N5O3S2.ClH/c1-3-15-11-16(20-26-15)17(23)19-14-6-9-22(12(2)10-14)27(24,25)21-7-4-13(18)5-8-21;/h11-14H,3-10,18H2,1-2H3,(H,19,23);1H/t12-,14-;/m0./s1. The van der Waals surface area contributed by atoms with Crippen LogP contribution >= 0.6 is 23.9 Å². The summed E-state index contributed by atoms with van der Waals surface area (Å²) in [5.41, 5.74) is 6.34. The van der Waals surface area contributed by atoms with Gasteiger partial charge in [0.15, 0.2) is 0 Å². The first kappa shape index (κ1) is 23.5. The van der Waals surface area contributed by atoms with Gasteiger partial charge in [-0.25, -0.2) is 0 Å². The van der Waals surface area contributed by atoms with Crippen molar-refractivity contribution in [1.29, 1.82) is 0 Å². The smallest absolute Gasteiger partial charge is 0.282 e. The van der Waals surface area contributed by atoms with Gasteiger partial charge in [0.2, 0.25) is 0 Å². The van der Waals surface area contributed by atoms with Gasteiger partial charge in [0.05, 0.1) is 0 Å². The van der Waals surface area contributed by atoms with Crippen molar-refractivity contribution in [1.82, 2.24) is 18.3 Å². The molecule has 0 radical (unpaired) electrons. The van der Waals surface area contributed by atoms with Crippen LogP contribution in [0, 0.1) is 0 Å². The van der Waals surface area contributed by atoms with Gasteiger partial charge in [-0.05, 0) is 56.6 Å². The van der Waals surface area contributed by atoms with Crippen LogP contribution in [0.1, 0.15) is 54.9 Å². The maximum Gasteiger partial charge on any atom is 0.282 e. The summed E-state index contributed by atoms with van der Waals surface area (Å²) in [5, 5.41) is 3.01. The summed E-state index contributed by atoms with van der Waals surface area (Å²) in [6.45, 7) is 5.31. The van der Waals surface area contributed by atoms with Crippen molar-refractivity contribution < 1.29 is 13.2 Å². The van der Waals surface area contributed by atoms with E-state index in [1.807, 2.05) is 19.9 Å². The van der Waals surface area contributed by atoms with E-state index in [2.05, 4.69) is 9.69 Å². The SMILES string of the molecule is CCc1cc(C(=O)N[C@H]2CCN(S(=O)(=O)N3CCC(N)CC3)[C@@H](C)C2)ns1.Cl. The summed E-state index contributed by atoms with van der Waals surface area (Å²) in [6, 6.07) is 1.71. The van der Waals surface area contributed by atoms with Gasteiger partial charge in [-0.3, -0.25) is 4.79 Å². The fourth-order valence-corrected chi connectivity index (χ4v) is 6.22. The molecule has 1 aromatic rings. The van der Waals surface area contributed by atoms with Gasteiger partial charge in [-0.15, -0.1) is 12.4 Å². The minimum atomic E-state index is -3.47. The number of halogens is 1. The Morgan fingerprint density at radius 2 is 2.00 bits per heavy atom. The highest BCUT2D eigenvalue weighted by Gasteiger charge is 2.38. The summed E-state index contributed by atoms with van der Waals surface area (Å²) in [6.07, 6.45) is 3.47. The zero-order chi connectivity index (χ0) is 19.6. The molecule has 0 aliphatic carbocycles. The molecular weight excluding hydrogens is 422 g/mol. The molecule has 2 aliphatic rings. The number of hydrogen-bond acceptors (Lipinski definition) is 6. The Balaban J connectivity index is 0.00000280. The fraction of sp³-hybridized carbons (Fsp3) is 0.765. The van der Waals surface area contributed by atoms with Crippen LogP contribution in [0.25, 0.3) is 0 Å². The Morgan fingerprint density at radius 1 is 1.32 bits per heavy atom. The Kier molecular flexibility index (Phi) is 8.24. The minimum absolute atomic E-state index is 0. The van der Waals surface area contributed by atoms with Crippen LogP contribution in [-0.4, -0.2) is 65.1 Å². The number of aryl methyl sites for hydroxylation is 1. The van der Waals surface area contributed by atoms with Gasteiger partial charge < -0.3 is 11.1 Å². The quantitative estimate of drug-likeness (QED) is 0.702. The lowest BCUT2D eigenvalue weighted by Gasteiger charge is -2.40. The predicted octanol–water partition coefficient (Wildman–Crippen LogP) is 1.38. The van der Waals surface area contributed by atoms with Crippen molar-refractivity contribution in [3.05, 3.63) is 16.6 Å². The highest BCUT2D eigenvalue weighted by Crippen LogP contribution is 2.25. The highest BCUT2D eigenvalue weighted by molar-refractivity contribution is 7.86. The van der Waals surface area contributed by atoms with E-state index in [0.29, 0.717) is 51.0 Å². The van der Waals surface area contributed by atoms with Crippen LogP contribution in [-0.2, 0) is 16.6 Å². The van der Waals surface area contributed by atoms with Crippen molar-refractivity contribution in [2.75, 3.05) is 19.6 Å². The van der Waals surface area contributed by atoms with E-state index in [-0.39, 0.29) is 36.4 Å². The average Bonchev–Trinajstić information content (AvgIpc) is 3.11. The van der Waals surface area contributed by atoms with Gasteiger partial charge in [-0.1, -0.05) is 6.92 Å². The lowest BCUT2D eigenvalue weighted by Crippen LogP contribution is -2.56. The molecule has 3 rings (SSSR count). The second-order valence-corrected chi connectivity index (χ2v) is 10.2. The summed E-state index contributed by atoms with van der Waals surface area (Å²) in [7, 11) is -3.47. The van der Waals surface area contributed by atoms with Gasteiger partial charge in [0, 0.05) is 42.6 Å². The molecule has 0 aromatic carbocycles. The third kappa shape index (κ3) is 5.22. The maximum atomic E-state index is 13.0. The Bertz CT molecular complexity index is 765. The lowest BCUT2D eigenvalue weighted by atomic mass is 10.0. The Morgan fingerprint density at radius 3 is 2.57 bits per heavy atom. The van der Waals surface area contributed by atoms with Crippen molar-refractivity contribution >= 4 is 40.1 Å². The van der Waals surface area contributed by atoms with Gasteiger partial charge >= 0.3 is 0 Å². The molecule has 11 heteroatoms. The van der Waals surface area contributed by atoms with Crippen molar-refractivity contribution in [3.8, 4) is 0 Å². The zero-order valence-corrected chi connectivity index (χ0v) is 18.8. The number of nitrogens with one attached hydrogen (secondary N) is 1. The largest absolute Gasteiger partial charge is 0.348 e. The number of carbonyl (C=O) groups is 1. The zero-order valence-electron chi connectivity index (χ0n) is 16.3. The third-order valence-corrected chi connectivity index (χ3v) is 8.49. The first-order valence-electron chi connectivity index (χ1n) is 9.60. The van der Waals surface area contributed by atoms with Gasteiger partial charge in [-0.2, -0.15) is 21.4 Å². The Hall–Kier alpha value is -0.780. The summed E-state index contributed by atoms with van der Waals surface area (Å²) < 4.78 is 33.2. The van der Waals surface area contributed by atoms with Crippen LogP contribution in [0.4, 0.5) is 0 Å². The van der Waals surface area contributed by atoms with Crippen molar-refractivity contribution in [3.63, 3.8) is 0 Å². The predicted molar refractivity (Wildman–Crippen MR) is 113 cm³/mol. The number of nitrogens with zero attached hydrogens (tertiary/aromatic N) is 3. The molecule has 0 bridgehead atoms. The number of hydrogen-bond donors (Lipinski definition) is 2. The van der Waals surface area contributed by atoms with E-state index in [9.17, 15) is 13.2 Å². The topological polar surface area (TPSA) is 109 Å². The second kappa shape index (κ2) is 9.82. The first-order valence-corrected chi connectivity index (χ1v) is 11.8. The Labute approximate surface area is 177 Å². The molecule has 0 unspecified atom stereocenters. The van der Waals surface area contributed by atoms with Crippen molar-refractivity contribution in [2.45, 2.75) is 64.1 Å². The van der Waals surface area contributed by atoms with E-state index in [1.54, 1.807) is 8.61 Å². The van der Waals surface area contributed by atoms with Crippen LogP contribution < -0.4 is 11.1 Å². The van der Waals surface area contributed by atoms with E-state index in [1.165, 1.54) is 11.5 Å². The van der Waals surface area contributed by atoms with Crippen molar-refractivity contribution in [2.24, 2.45) is 5.73 Å². The maximum absolute atomic E-state index is 13.0. The van der Waals surface area contributed by atoms with Crippen LogP contribution in [0.3, 0.4) is 0 Å². The van der Waals surface area contributed by atoms with Crippen LogP contribution in [0.5, 0.6) is 0 Å². The number of nitrogens with two attached hydrogens (primary N) is 1. The lowest BCUT2D eigenvalue weighted by molar-refractivity contribution is 0.0908. The van der Waals surface area contributed by atoms with E-state index in [0.717, 1.165) is 11.3 Å². The van der Waals surface area contributed by atoms with Gasteiger partial charge in [0.25, 0.3) is 16.1 Å². The summed E-state index contributed by atoms with van der Waals surface area (Å²) in [5.74, 6) is -0.176. The molecule has 3 heterocycles. The number of rotatable bonds is 5. The number of carbonyl (C=O) groups excluding carboxylic acids is 1.